The zero-order valence-electron chi connectivity index (χ0n) is 18.0. The maximum atomic E-state index is 13.4. The van der Waals surface area contributed by atoms with E-state index in [2.05, 4.69) is 5.32 Å². The highest BCUT2D eigenvalue weighted by molar-refractivity contribution is 7.92. The highest BCUT2D eigenvalue weighted by atomic mass is 35.5. The first-order valence-corrected chi connectivity index (χ1v) is 12.2. The van der Waals surface area contributed by atoms with E-state index in [4.69, 9.17) is 16.3 Å². The van der Waals surface area contributed by atoms with Crippen LogP contribution in [0, 0.1) is 0 Å². The Kier molecular flexibility index (Phi) is 7.15. The summed E-state index contributed by atoms with van der Waals surface area (Å²) in [5.74, 6) is 0.528. The molecular weight excluding hydrogens is 472 g/mol. The third-order valence-corrected chi connectivity index (χ3v) is 6.91. The molecule has 1 amide bonds. The fraction of sp³-hybridized carbons (Fsp3) is 0.0385. The van der Waals surface area contributed by atoms with Gasteiger partial charge in [-0.3, -0.25) is 9.10 Å². The van der Waals surface area contributed by atoms with Gasteiger partial charge in [0, 0.05) is 5.02 Å². The lowest BCUT2D eigenvalue weighted by Gasteiger charge is -2.24. The van der Waals surface area contributed by atoms with Crippen molar-refractivity contribution in [2.45, 2.75) is 4.90 Å². The standard InChI is InChI=1S/C26H21ClN2O4S/c27-20-15-17-23(18-16-20)34(31,32)29(21-9-3-1-4-10-21)19-26(30)28-24-13-7-8-14-25(24)33-22-11-5-2-6-12-22/h1-18H,19H2,(H,28,30). The molecule has 0 aliphatic carbocycles. The average molecular weight is 493 g/mol. The number of carbonyl (C=O) groups is 1. The van der Waals surface area contributed by atoms with Crippen molar-refractivity contribution >= 4 is 38.9 Å². The van der Waals surface area contributed by atoms with E-state index in [0.29, 0.717) is 27.9 Å². The van der Waals surface area contributed by atoms with Gasteiger partial charge in [-0.05, 0) is 60.7 Å². The number of anilines is 2. The zero-order chi connectivity index (χ0) is 24.0. The molecule has 8 heteroatoms. The highest BCUT2D eigenvalue weighted by Gasteiger charge is 2.27. The van der Waals surface area contributed by atoms with Crippen LogP contribution >= 0.6 is 11.6 Å². The van der Waals surface area contributed by atoms with Crippen molar-refractivity contribution in [3.8, 4) is 11.5 Å². The molecule has 1 N–H and O–H groups in total. The molecule has 6 nitrogen and oxygen atoms in total. The van der Waals surface area contributed by atoms with Gasteiger partial charge < -0.3 is 10.1 Å². The zero-order valence-corrected chi connectivity index (χ0v) is 19.5. The lowest BCUT2D eigenvalue weighted by molar-refractivity contribution is -0.114. The van der Waals surface area contributed by atoms with E-state index < -0.39 is 22.5 Å². The second-order valence-electron chi connectivity index (χ2n) is 7.26. The number of hydrogen-bond donors (Lipinski definition) is 1. The number of hydrogen-bond acceptors (Lipinski definition) is 4. The third-order valence-electron chi connectivity index (χ3n) is 4.87. The summed E-state index contributed by atoms with van der Waals surface area (Å²) in [6, 6.07) is 30.4. The Balaban J connectivity index is 1.60. The molecule has 0 aliphatic rings. The number of carbonyl (C=O) groups excluding carboxylic acids is 1. The van der Waals surface area contributed by atoms with Crippen molar-refractivity contribution in [1.82, 2.24) is 0 Å². The first-order chi connectivity index (χ1) is 16.4. The molecule has 0 spiro atoms. The summed E-state index contributed by atoms with van der Waals surface area (Å²) >= 11 is 5.92. The fourth-order valence-electron chi connectivity index (χ4n) is 3.24. The van der Waals surface area contributed by atoms with Crippen LogP contribution < -0.4 is 14.4 Å². The number of para-hydroxylation sites is 4. The van der Waals surface area contributed by atoms with Gasteiger partial charge in [0.1, 0.15) is 12.3 Å². The molecule has 4 aromatic rings. The van der Waals surface area contributed by atoms with Gasteiger partial charge in [-0.15, -0.1) is 0 Å². The molecule has 0 aromatic heterocycles. The lowest BCUT2D eigenvalue weighted by Crippen LogP contribution is -2.38. The smallest absolute Gasteiger partial charge is 0.264 e. The van der Waals surface area contributed by atoms with Crippen molar-refractivity contribution in [3.63, 3.8) is 0 Å². The predicted molar refractivity (Wildman–Crippen MR) is 134 cm³/mol. The minimum atomic E-state index is -4.03. The van der Waals surface area contributed by atoms with E-state index in [9.17, 15) is 13.2 Å². The van der Waals surface area contributed by atoms with Crippen LogP contribution in [0.5, 0.6) is 11.5 Å². The minimum Gasteiger partial charge on any atom is -0.455 e. The van der Waals surface area contributed by atoms with Gasteiger partial charge in [0.15, 0.2) is 5.75 Å². The number of halogens is 1. The number of sulfonamides is 1. The molecule has 4 rings (SSSR count). The summed E-state index contributed by atoms with van der Waals surface area (Å²) in [7, 11) is -4.03. The SMILES string of the molecule is O=C(CN(c1ccccc1)S(=O)(=O)c1ccc(Cl)cc1)Nc1ccccc1Oc1ccccc1. The maximum absolute atomic E-state index is 13.4. The fourth-order valence-corrected chi connectivity index (χ4v) is 4.78. The van der Waals surface area contributed by atoms with E-state index in [-0.39, 0.29) is 4.90 Å². The molecule has 34 heavy (non-hydrogen) atoms. The Morgan fingerprint density at radius 2 is 1.38 bits per heavy atom. The Hall–Kier alpha value is -3.81. The van der Waals surface area contributed by atoms with Gasteiger partial charge in [0.25, 0.3) is 10.0 Å². The molecule has 0 atom stereocenters. The largest absolute Gasteiger partial charge is 0.455 e. The lowest BCUT2D eigenvalue weighted by atomic mass is 10.2. The van der Waals surface area contributed by atoms with Crippen LogP contribution in [0.3, 0.4) is 0 Å². The molecule has 0 fully saturated rings. The summed E-state index contributed by atoms with van der Waals surface area (Å²) in [5, 5.41) is 3.19. The first-order valence-electron chi connectivity index (χ1n) is 10.4. The molecule has 0 saturated carbocycles. The molecule has 0 bridgehead atoms. The average Bonchev–Trinajstić information content (AvgIpc) is 2.85. The molecule has 0 heterocycles. The van der Waals surface area contributed by atoms with Crippen LogP contribution in [-0.2, 0) is 14.8 Å². The van der Waals surface area contributed by atoms with E-state index in [1.807, 2.05) is 18.2 Å². The Morgan fingerprint density at radius 3 is 2.06 bits per heavy atom. The van der Waals surface area contributed by atoms with Crippen molar-refractivity contribution < 1.29 is 17.9 Å². The van der Waals surface area contributed by atoms with Crippen molar-refractivity contribution in [2.24, 2.45) is 0 Å². The third kappa shape index (κ3) is 5.57. The van der Waals surface area contributed by atoms with Crippen molar-refractivity contribution in [2.75, 3.05) is 16.2 Å². The number of amides is 1. The topological polar surface area (TPSA) is 75.7 Å². The van der Waals surface area contributed by atoms with Crippen LogP contribution in [-0.4, -0.2) is 20.9 Å². The van der Waals surface area contributed by atoms with Crippen molar-refractivity contribution in [1.29, 1.82) is 0 Å². The van der Waals surface area contributed by atoms with Gasteiger partial charge in [0.05, 0.1) is 16.3 Å². The molecule has 4 aromatic carbocycles. The van der Waals surface area contributed by atoms with E-state index in [1.165, 1.54) is 24.3 Å². The molecular formula is C26H21ClN2O4S. The normalized spacial score (nSPS) is 11.0. The second kappa shape index (κ2) is 10.4. The molecule has 172 valence electrons. The van der Waals surface area contributed by atoms with Gasteiger partial charge in [0.2, 0.25) is 5.91 Å². The number of rotatable bonds is 8. The number of nitrogens with one attached hydrogen (secondary N) is 1. The van der Waals surface area contributed by atoms with E-state index in [0.717, 1.165) is 4.31 Å². The van der Waals surface area contributed by atoms with Crippen LogP contribution in [0.15, 0.2) is 114 Å². The highest BCUT2D eigenvalue weighted by Crippen LogP contribution is 2.30. The molecule has 0 aliphatic heterocycles. The molecule has 0 saturated heterocycles. The minimum absolute atomic E-state index is 0.0290. The van der Waals surface area contributed by atoms with E-state index in [1.54, 1.807) is 66.7 Å². The van der Waals surface area contributed by atoms with Gasteiger partial charge >= 0.3 is 0 Å². The van der Waals surface area contributed by atoms with Crippen LogP contribution in [0.1, 0.15) is 0 Å². The van der Waals surface area contributed by atoms with Gasteiger partial charge in [-0.1, -0.05) is 60.1 Å². The van der Waals surface area contributed by atoms with Crippen LogP contribution in [0.2, 0.25) is 5.02 Å². The van der Waals surface area contributed by atoms with Crippen molar-refractivity contribution in [3.05, 3.63) is 114 Å². The Labute approximate surface area is 203 Å². The summed E-state index contributed by atoms with van der Waals surface area (Å²) in [4.78, 5) is 13.1. The maximum Gasteiger partial charge on any atom is 0.264 e. The molecule has 0 unspecified atom stereocenters. The quantitative estimate of drug-likeness (QED) is 0.329. The monoisotopic (exact) mass is 492 g/mol. The predicted octanol–water partition coefficient (Wildman–Crippen LogP) is 5.97. The Morgan fingerprint density at radius 1 is 0.794 bits per heavy atom. The van der Waals surface area contributed by atoms with Gasteiger partial charge in [-0.25, -0.2) is 8.42 Å². The molecule has 0 radical (unpaired) electrons. The number of benzene rings is 4. The van der Waals surface area contributed by atoms with Crippen LogP contribution in [0.25, 0.3) is 0 Å². The Bertz CT molecular complexity index is 1360. The van der Waals surface area contributed by atoms with E-state index >= 15 is 0 Å². The summed E-state index contributed by atoms with van der Waals surface area (Å²) < 4.78 is 33.8. The van der Waals surface area contributed by atoms with Gasteiger partial charge in [-0.2, -0.15) is 0 Å². The second-order valence-corrected chi connectivity index (χ2v) is 9.56. The van der Waals surface area contributed by atoms with Crippen LogP contribution in [0.4, 0.5) is 11.4 Å². The first kappa shape index (κ1) is 23.4. The number of ether oxygens (including phenoxy) is 1. The summed E-state index contributed by atoms with van der Waals surface area (Å²) in [6.45, 7) is -0.436. The summed E-state index contributed by atoms with van der Waals surface area (Å²) in [6.07, 6.45) is 0. The number of nitrogens with zero attached hydrogens (tertiary/aromatic N) is 1. The summed E-state index contributed by atoms with van der Waals surface area (Å²) in [5.41, 5.74) is 0.787.